The summed E-state index contributed by atoms with van der Waals surface area (Å²) in [4.78, 5) is 10.5. The summed E-state index contributed by atoms with van der Waals surface area (Å²) >= 11 is 0. The van der Waals surface area contributed by atoms with Crippen LogP contribution in [0.1, 0.15) is 26.3 Å². The quantitative estimate of drug-likeness (QED) is 0.637. The normalized spacial score (nSPS) is 13.6. The average Bonchev–Trinajstić information content (AvgIpc) is 2.36. The number of nitro groups is 1. The highest BCUT2D eigenvalue weighted by Gasteiger charge is 2.27. The monoisotopic (exact) mass is 277 g/mol. The molecule has 0 bridgehead atoms. The molecular formula is C14H19N3O3. The van der Waals surface area contributed by atoms with Gasteiger partial charge in [0.25, 0.3) is 0 Å². The Kier molecular flexibility index (Phi) is 5.06. The maximum absolute atomic E-state index is 11.0. The molecule has 0 aliphatic rings. The third kappa shape index (κ3) is 4.21. The van der Waals surface area contributed by atoms with Crippen molar-refractivity contribution in [3.8, 4) is 11.8 Å². The van der Waals surface area contributed by atoms with Crippen LogP contribution in [0.4, 0.5) is 5.69 Å². The summed E-state index contributed by atoms with van der Waals surface area (Å²) in [5.41, 5.74) is -0.199. The van der Waals surface area contributed by atoms with E-state index in [0.717, 1.165) is 5.56 Å². The zero-order chi connectivity index (χ0) is 15.3. The predicted molar refractivity (Wildman–Crippen MR) is 75.6 cm³/mol. The molecule has 6 heteroatoms. The Morgan fingerprint density at radius 3 is 2.70 bits per heavy atom. The fraction of sp³-hybridized carbons (Fsp3) is 0.500. The van der Waals surface area contributed by atoms with Gasteiger partial charge in [0, 0.05) is 12.1 Å². The van der Waals surface area contributed by atoms with Gasteiger partial charge in [-0.25, -0.2) is 0 Å². The van der Waals surface area contributed by atoms with E-state index >= 15 is 0 Å². The summed E-state index contributed by atoms with van der Waals surface area (Å²) in [5.74, 6) is 0.174. The predicted octanol–water partition coefficient (Wildman–Crippen LogP) is 2.56. The Hall–Kier alpha value is -2.13. The van der Waals surface area contributed by atoms with E-state index in [-0.39, 0.29) is 24.1 Å². The van der Waals surface area contributed by atoms with Crippen LogP contribution in [0.5, 0.6) is 5.75 Å². The van der Waals surface area contributed by atoms with Crippen molar-refractivity contribution >= 4 is 5.69 Å². The van der Waals surface area contributed by atoms with Gasteiger partial charge in [-0.3, -0.25) is 15.4 Å². The van der Waals surface area contributed by atoms with E-state index in [1.807, 2.05) is 13.8 Å². The van der Waals surface area contributed by atoms with Crippen LogP contribution >= 0.6 is 0 Å². The van der Waals surface area contributed by atoms with Gasteiger partial charge in [0.15, 0.2) is 5.75 Å². The van der Waals surface area contributed by atoms with Gasteiger partial charge in [-0.2, -0.15) is 5.26 Å². The third-order valence-corrected chi connectivity index (χ3v) is 2.68. The van der Waals surface area contributed by atoms with Crippen LogP contribution in [0.2, 0.25) is 0 Å². The first-order chi connectivity index (χ1) is 9.27. The van der Waals surface area contributed by atoms with E-state index in [0.29, 0.717) is 0 Å². The van der Waals surface area contributed by atoms with E-state index in [4.69, 9.17) is 4.74 Å². The molecule has 6 nitrogen and oxygen atoms in total. The molecule has 0 aromatic heterocycles. The summed E-state index contributed by atoms with van der Waals surface area (Å²) in [6.45, 7) is 7.35. The van der Waals surface area contributed by atoms with Crippen molar-refractivity contribution < 1.29 is 9.66 Å². The molecule has 1 rings (SSSR count). The van der Waals surface area contributed by atoms with Gasteiger partial charge in [-0.1, -0.05) is 6.07 Å². The lowest BCUT2D eigenvalue weighted by molar-refractivity contribution is -0.385. The standard InChI is InChI=1S/C14H19N3O3/c1-10(2)16-14(4,8-15)9-20-13-6-5-11(3)7-12(13)17(18)19/h5-7,10,16H,9H2,1-4H3. The zero-order valence-corrected chi connectivity index (χ0v) is 12.1. The van der Waals surface area contributed by atoms with Gasteiger partial charge < -0.3 is 4.74 Å². The number of hydrogen-bond acceptors (Lipinski definition) is 5. The minimum absolute atomic E-state index is 0.0333. The van der Waals surface area contributed by atoms with Crippen LogP contribution in [0, 0.1) is 28.4 Å². The number of nitro benzene ring substituents is 1. The van der Waals surface area contributed by atoms with Crippen LogP contribution in [-0.2, 0) is 0 Å². The number of nitrogens with zero attached hydrogens (tertiary/aromatic N) is 2. The number of ether oxygens (including phenoxy) is 1. The SMILES string of the molecule is Cc1ccc(OCC(C)(C#N)NC(C)C)c([N+](=O)[O-])c1. The molecule has 1 aromatic rings. The molecule has 0 radical (unpaired) electrons. The van der Waals surface area contributed by atoms with Crippen molar-refractivity contribution in [1.29, 1.82) is 5.26 Å². The summed E-state index contributed by atoms with van der Waals surface area (Å²) in [6.07, 6.45) is 0. The number of aryl methyl sites for hydroxylation is 1. The van der Waals surface area contributed by atoms with Gasteiger partial charge in [0.2, 0.25) is 0 Å². The van der Waals surface area contributed by atoms with Crippen molar-refractivity contribution in [2.24, 2.45) is 0 Å². The van der Waals surface area contributed by atoms with Crippen molar-refractivity contribution in [1.82, 2.24) is 5.32 Å². The highest BCUT2D eigenvalue weighted by molar-refractivity contribution is 5.48. The molecule has 0 fully saturated rings. The van der Waals surface area contributed by atoms with E-state index in [1.54, 1.807) is 26.0 Å². The maximum atomic E-state index is 11.0. The second-order valence-electron chi connectivity index (χ2n) is 5.26. The minimum atomic E-state index is -0.896. The summed E-state index contributed by atoms with van der Waals surface area (Å²) < 4.78 is 5.48. The number of hydrogen-bond donors (Lipinski definition) is 1. The van der Waals surface area contributed by atoms with Crippen molar-refractivity contribution in [3.05, 3.63) is 33.9 Å². The number of rotatable bonds is 6. The lowest BCUT2D eigenvalue weighted by Gasteiger charge is -2.25. The van der Waals surface area contributed by atoms with Gasteiger partial charge in [0.1, 0.15) is 12.1 Å². The van der Waals surface area contributed by atoms with Crippen LogP contribution < -0.4 is 10.1 Å². The first kappa shape index (κ1) is 15.9. The molecule has 108 valence electrons. The molecule has 0 saturated heterocycles. The fourth-order valence-electron chi connectivity index (χ4n) is 1.86. The highest BCUT2D eigenvalue weighted by atomic mass is 16.6. The van der Waals surface area contributed by atoms with Crippen LogP contribution in [-0.4, -0.2) is 23.1 Å². The van der Waals surface area contributed by atoms with Gasteiger partial charge in [-0.15, -0.1) is 0 Å². The van der Waals surface area contributed by atoms with E-state index in [2.05, 4.69) is 11.4 Å². The lowest BCUT2D eigenvalue weighted by atomic mass is 10.1. The largest absolute Gasteiger partial charge is 0.484 e. The molecule has 0 saturated carbocycles. The number of nitriles is 1. The van der Waals surface area contributed by atoms with Crippen molar-refractivity contribution in [2.75, 3.05) is 6.61 Å². The summed E-state index contributed by atoms with van der Waals surface area (Å²) in [6, 6.07) is 6.99. The fourth-order valence-corrected chi connectivity index (χ4v) is 1.86. The Labute approximate surface area is 118 Å². The Morgan fingerprint density at radius 2 is 2.20 bits per heavy atom. The Balaban J connectivity index is 2.89. The Bertz CT molecular complexity index is 537. The molecule has 1 aromatic carbocycles. The van der Waals surface area contributed by atoms with Crippen LogP contribution in [0.25, 0.3) is 0 Å². The maximum Gasteiger partial charge on any atom is 0.311 e. The second-order valence-corrected chi connectivity index (χ2v) is 5.26. The average molecular weight is 277 g/mol. The van der Waals surface area contributed by atoms with Gasteiger partial charge in [0.05, 0.1) is 11.0 Å². The van der Waals surface area contributed by atoms with E-state index in [1.165, 1.54) is 6.07 Å². The van der Waals surface area contributed by atoms with Crippen molar-refractivity contribution in [2.45, 2.75) is 39.3 Å². The molecule has 0 aliphatic carbocycles. The minimum Gasteiger partial charge on any atom is -0.484 e. The summed E-state index contributed by atoms with van der Waals surface area (Å²) in [7, 11) is 0. The molecule has 1 N–H and O–H groups in total. The molecule has 0 amide bonds. The van der Waals surface area contributed by atoms with Gasteiger partial charge in [-0.05, 0) is 39.3 Å². The van der Waals surface area contributed by atoms with Crippen LogP contribution in [0.15, 0.2) is 18.2 Å². The molecular weight excluding hydrogens is 258 g/mol. The molecule has 1 unspecified atom stereocenters. The summed E-state index contributed by atoms with van der Waals surface area (Å²) in [5, 5.41) is 23.3. The molecule has 0 aliphatic heterocycles. The first-order valence-electron chi connectivity index (χ1n) is 6.34. The topological polar surface area (TPSA) is 88.2 Å². The lowest BCUT2D eigenvalue weighted by Crippen LogP contribution is -2.49. The zero-order valence-electron chi connectivity index (χ0n) is 12.1. The smallest absolute Gasteiger partial charge is 0.311 e. The number of nitrogens with one attached hydrogen (secondary N) is 1. The molecule has 0 spiro atoms. The van der Waals surface area contributed by atoms with E-state index < -0.39 is 10.5 Å². The highest BCUT2D eigenvalue weighted by Crippen LogP contribution is 2.28. The third-order valence-electron chi connectivity index (χ3n) is 2.68. The second kappa shape index (κ2) is 6.35. The van der Waals surface area contributed by atoms with Gasteiger partial charge >= 0.3 is 5.69 Å². The molecule has 20 heavy (non-hydrogen) atoms. The van der Waals surface area contributed by atoms with E-state index in [9.17, 15) is 15.4 Å². The molecule has 0 heterocycles. The Morgan fingerprint density at radius 1 is 1.55 bits per heavy atom. The van der Waals surface area contributed by atoms with Crippen LogP contribution in [0.3, 0.4) is 0 Å². The first-order valence-corrected chi connectivity index (χ1v) is 6.34. The molecule has 1 atom stereocenters. The number of benzene rings is 1. The van der Waals surface area contributed by atoms with Crippen molar-refractivity contribution in [3.63, 3.8) is 0 Å².